The maximum atomic E-state index is 12.4. The van der Waals surface area contributed by atoms with Crippen LogP contribution in [0.15, 0.2) is 38.0 Å². The molecular weight excluding hydrogens is 332 g/mol. The standard InChI is InChI=1S/C16H18N2O3S2/c1-20-13-5-6-14(21-13)23-15-7-4-12(22-15)16(19)18-11-8-9-2-3-10(11)17-9/h4-7,9-11,17H,2-3,8H2,1H3,(H,18,19)/t9-,10+,11-/m1/s1. The fourth-order valence-electron chi connectivity index (χ4n) is 3.29. The number of nitrogens with one attached hydrogen (secondary N) is 2. The molecule has 2 aliphatic rings. The van der Waals surface area contributed by atoms with Gasteiger partial charge in [-0.3, -0.25) is 4.79 Å². The number of methoxy groups -OCH3 is 1. The van der Waals surface area contributed by atoms with Crippen molar-refractivity contribution in [3.63, 3.8) is 0 Å². The highest BCUT2D eigenvalue weighted by Gasteiger charge is 2.39. The summed E-state index contributed by atoms with van der Waals surface area (Å²) in [6.07, 6.45) is 3.46. The summed E-state index contributed by atoms with van der Waals surface area (Å²) < 4.78 is 11.5. The molecule has 5 nitrogen and oxygen atoms in total. The smallest absolute Gasteiger partial charge is 0.285 e. The summed E-state index contributed by atoms with van der Waals surface area (Å²) in [7, 11) is 1.57. The number of furan rings is 1. The highest BCUT2D eigenvalue weighted by Crippen LogP contribution is 2.36. The molecule has 122 valence electrons. The molecule has 0 aromatic carbocycles. The fraction of sp³-hybridized carbons (Fsp3) is 0.438. The van der Waals surface area contributed by atoms with E-state index in [4.69, 9.17) is 9.15 Å². The Morgan fingerprint density at radius 1 is 1.39 bits per heavy atom. The number of ether oxygens (including phenoxy) is 1. The van der Waals surface area contributed by atoms with Gasteiger partial charge in [-0.25, -0.2) is 0 Å². The number of hydrogen-bond donors (Lipinski definition) is 2. The van der Waals surface area contributed by atoms with Gasteiger partial charge in [0, 0.05) is 24.2 Å². The summed E-state index contributed by atoms with van der Waals surface area (Å²) in [5, 5.41) is 7.47. The number of carbonyl (C=O) groups is 1. The summed E-state index contributed by atoms with van der Waals surface area (Å²) in [5.74, 6) is 0.518. The molecule has 3 atom stereocenters. The van der Waals surface area contributed by atoms with Crippen molar-refractivity contribution in [3.05, 3.63) is 29.1 Å². The van der Waals surface area contributed by atoms with Crippen LogP contribution in [0.2, 0.25) is 0 Å². The zero-order valence-corrected chi connectivity index (χ0v) is 14.3. The van der Waals surface area contributed by atoms with Crippen LogP contribution in [0.25, 0.3) is 0 Å². The largest absolute Gasteiger partial charge is 0.468 e. The first-order valence-electron chi connectivity index (χ1n) is 7.69. The Labute approximate surface area is 142 Å². The minimum atomic E-state index is 0.0261. The van der Waals surface area contributed by atoms with Crippen LogP contribution in [0, 0.1) is 0 Å². The number of rotatable bonds is 5. The van der Waals surface area contributed by atoms with E-state index in [1.165, 1.54) is 35.9 Å². The van der Waals surface area contributed by atoms with Gasteiger partial charge >= 0.3 is 0 Å². The Morgan fingerprint density at radius 3 is 3.00 bits per heavy atom. The van der Waals surface area contributed by atoms with E-state index in [-0.39, 0.29) is 11.9 Å². The minimum Gasteiger partial charge on any atom is -0.468 e. The molecule has 2 aromatic rings. The molecule has 7 heteroatoms. The van der Waals surface area contributed by atoms with E-state index in [2.05, 4.69) is 10.6 Å². The van der Waals surface area contributed by atoms with Crippen LogP contribution in [0.1, 0.15) is 28.9 Å². The van der Waals surface area contributed by atoms with E-state index in [1.807, 2.05) is 18.2 Å². The van der Waals surface area contributed by atoms with Gasteiger partial charge in [0.15, 0.2) is 5.09 Å². The third-order valence-corrected chi connectivity index (χ3v) is 6.52. The number of thiophene rings is 1. The van der Waals surface area contributed by atoms with Crippen molar-refractivity contribution in [2.45, 2.75) is 46.7 Å². The second-order valence-electron chi connectivity index (χ2n) is 5.86. The normalized spacial score (nSPS) is 25.7. The Kier molecular flexibility index (Phi) is 4.09. The zero-order chi connectivity index (χ0) is 15.8. The predicted molar refractivity (Wildman–Crippen MR) is 89.5 cm³/mol. The van der Waals surface area contributed by atoms with Crippen LogP contribution >= 0.6 is 23.1 Å². The second-order valence-corrected chi connectivity index (χ2v) is 8.25. The van der Waals surface area contributed by atoms with Crippen LogP contribution in [0.4, 0.5) is 0 Å². The third-order valence-electron chi connectivity index (χ3n) is 4.38. The van der Waals surface area contributed by atoms with Crippen molar-refractivity contribution < 1.29 is 13.9 Å². The van der Waals surface area contributed by atoms with Gasteiger partial charge < -0.3 is 19.8 Å². The van der Waals surface area contributed by atoms with Gasteiger partial charge in [-0.05, 0) is 49.2 Å². The minimum absolute atomic E-state index is 0.0261. The van der Waals surface area contributed by atoms with E-state index in [0.717, 1.165) is 20.6 Å². The summed E-state index contributed by atoms with van der Waals surface area (Å²) >= 11 is 2.98. The zero-order valence-electron chi connectivity index (χ0n) is 12.7. The maximum Gasteiger partial charge on any atom is 0.285 e. The first-order valence-corrected chi connectivity index (χ1v) is 9.33. The van der Waals surface area contributed by atoms with Crippen LogP contribution < -0.4 is 15.4 Å². The topological polar surface area (TPSA) is 63.5 Å². The monoisotopic (exact) mass is 350 g/mol. The van der Waals surface area contributed by atoms with E-state index in [0.29, 0.717) is 18.0 Å². The van der Waals surface area contributed by atoms with E-state index in [1.54, 1.807) is 13.2 Å². The Balaban J connectivity index is 1.38. The lowest BCUT2D eigenvalue weighted by Crippen LogP contribution is -2.42. The molecule has 2 N–H and O–H groups in total. The number of fused-ring (bicyclic) bond motifs is 2. The highest BCUT2D eigenvalue weighted by atomic mass is 32.2. The van der Waals surface area contributed by atoms with Crippen LogP contribution in [-0.4, -0.2) is 31.1 Å². The lowest BCUT2D eigenvalue weighted by molar-refractivity contribution is 0.0935. The van der Waals surface area contributed by atoms with Crippen LogP contribution in [0.5, 0.6) is 5.95 Å². The van der Waals surface area contributed by atoms with Crippen molar-refractivity contribution in [1.82, 2.24) is 10.6 Å². The number of carbonyl (C=O) groups excluding carboxylic acids is 1. The van der Waals surface area contributed by atoms with E-state index >= 15 is 0 Å². The van der Waals surface area contributed by atoms with Crippen molar-refractivity contribution in [2.24, 2.45) is 0 Å². The first-order chi connectivity index (χ1) is 11.2. The predicted octanol–water partition coefficient (Wildman–Crippen LogP) is 3.12. The van der Waals surface area contributed by atoms with Crippen molar-refractivity contribution >= 4 is 29.0 Å². The molecule has 2 aromatic heterocycles. The second kappa shape index (κ2) is 6.22. The molecule has 23 heavy (non-hydrogen) atoms. The summed E-state index contributed by atoms with van der Waals surface area (Å²) in [4.78, 5) is 13.2. The molecule has 0 unspecified atom stereocenters. The van der Waals surface area contributed by atoms with Gasteiger partial charge in [0.1, 0.15) is 0 Å². The first kappa shape index (κ1) is 15.1. The molecule has 2 fully saturated rings. The number of amides is 1. The van der Waals surface area contributed by atoms with Crippen LogP contribution in [0.3, 0.4) is 0 Å². The Hall–Kier alpha value is -1.44. The fourth-order valence-corrected chi connectivity index (χ4v) is 5.20. The van der Waals surface area contributed by atoms with Gasteiger partial charge in [0.2, 0.25) is 0 Å². The molecule has 2 saturated heterocycles. The van der Waals surface area contributed by atoms with E-state index in [9.17, 15) is 4.79 Å². The quantitative estimate of drug-likeness (QED) is 0.867. The van der Waals surface area contributed by atoms with Gasteiger partial charge in [-0.2, -0.15) is 0 Å². The molecular formula is C16H18N2O3S2. The molecule has 4 rings (SSSR count). The Bertz CT molecular complexity index is 712. The molecule has 1 amide bonds. The molecule has 0 aliphatic carbocycles. The molecule has 4 heterocycles. The van der Waals surface area contributed by atoms with Gasteiger partial charge in [-0.1, -0.05) is 0 Å². The van der Waals surface area contributed by atoms with Gasteiger partial charge in [0.25, 0.3) is 11.9 Å². The van der Waals surface area contributed by atoms with Crippen molar-refractivity contribution in [2.75, 3.05) is 7.11 Å². The molecule has 2 aliphatic heterocycles. The van der Waals surface area contributed by atoms with E-state index < -0.39 is 0 Å². The van der Waals surface area contributed by atoms with Gasteiger partial charge in [0.05, 0.1) is 16.2 Å². The molecule has 0 radical (unpaired) electrons. The molecule has 0 saturated carbocycles. The summed E-state index contributed by atoms with van der Waals surface area (Å²) in [5.41, 5.74) is 0. The third kappa shape index (κ3) is 3.13. The van der Waals surface area contributed by atoms with Gasteiger partial charge in [-0.15, -0.1) is 11.3 Å². The lowest BCUT2D eigenvalue weighted by Gasteiger charge is -2.20. The molecule has 0 spiro atoms. The summed E-state index contributed by atoms with van der Waals surface area (Å²) in [6, 6.07) is 8.80. The summed E-state index contributed by atoms with van der Waals surface area (Å²) in [6.45, 7) is 0. The SMILES string of the molecule is COc1ccc(Sc2ccc(C(=O)N[C@@H]3C[C@H]4CC[C@@H]3N4)s2)o1. The number of hydrogen-bond acceptors (Lipinski definition) is 6. The van der Waals surface area contributed by atoms with Crippen molar-refractivity contribution in [3.8, 4) is 5.95 Å². The average molecular weight is 350 g/mol. The molecule has 2 bridgehead atoms. The maximum absolute atomic E-state index is 12.4. The average Bonchev–Trinajstić information content (AvgIpc) is 3.32. The lowest BCUT2D eigenvalue weighted by atomic mass is 9.95. The van der Waals surface area contributed by atoms with Crippen LogP contribution in [-0.2, 0) is 0 Å². The Morgan fingerprint density at radius 2 is 2.30 bits per heavy atom. The van der Waals surface area contributed by atoms with Crippen molar-refractivity contribution in [1.29, 1.82) is 0 Å². The highest BCUT2D eigenvalue weighted by molar-refractivity contribution is 8.01.